The number of nitrogens with one attached hydrogen (secondary N) is 1. The topological polar surface area (TPSA) is 49.3 Å². The lowest BCUT2D eigenvalue weighted by Crippen LogP contribution is -2.17. The van der Waals surface area contributed by atoms with Crippen molar-refractivity contribution in [2.45, 2.75) is 19.4 Å². The average molecular weight is 241 g/mol. The molecule has 0 aromatic heterocycles. The molecule has 0 bridgehead atoms. The van der Waals surface area contributed by atoms with Gasteiger partial charge in [0, 0.05) is 12.6 Å². The Morgan fingerprint density at radius 1 is 1.41 bits per heavy atom. The maximum atomic E-state index is 13.1. The van der Waals surface area contributed by atoms with Crippen LogP contribution < -0.4 is 5.32 Å². The Labute approximate surface area is 97.5 Å². The van der Waals surface area contributed by atoms with Gasteiger partial charge >= 0.3 is 5.97 Å². The molecule has 1 aliphatic heterocycles. The highest BCUT2D eigenvalue weighted by Gasteiger charge is 2.31. The van der Waals surface area contributed by atoms with Crippen LogP contribution in [0.2, 0.25) is 0 Å². The summed E-state index contributed by atoms with van der Waals surface area (Å²) in [5, 5.41) is 11.9. The number of aryl methyl sites for hydroxylation is 1. The maximum Gasteiger partial charge on any atom is 0.307 e. The van der Waals surface area contributed by atoms with Gasteiger partial charge in [0.05, 0.1) is 5.92 Å². The second kappa shape index (κ2) is 4.41. The van der Waals surface area contributed by atoms with Crippen molar-refractivity contribution in [2.75, 3.05) is 6.54 Å². The maximum absolute atomic E-state index is 13.1. The van der Waals surface area contributed by atoms with Gasteiger partial charge in [-0.05, 0) is 36.6 Å². The summed E-state index contributed by atoms with van der Waals surface area (Å²) in [6, 6.07) is 2.07. The molecule has 1 aromatic carbocycles. The minimum Gasteiger partial charge on any atom is -0.481 e. The molecule has 1 aromatic rings. The van der Waals surface area contributed by atoms with Crippen LogP contribution in [0, 0.1) is 24.5 Å². The van der Waals surface area contributed by atoms with Crippen LogP contribution in [0.5, 0.6) is 0 Å². The molecule has 0 amide bonds. The van der Waals surface area contributed by atoms with E-state index < -0.39 is 23.5 Å². The zero-order chi connectivity index (χ0) is 12.6. The molecule has 92 valence electrons. The molecule has 0 radical (unpaired) electrons. The normalized spacial score (nSPS) is 23.9. The predicted molar refractivity (Wildman–Crippen MR) is 57.6 cm³/mol. The molecule has 0 spiro atoms. The highest BCUT2D eigenvalue weighted by molar-refractivity contribution is 5.70. The quantitative estimate of drug-likeness (QED) is 0.832. The fourth-order valence-corrected chi connectivity index (χ4v) is 2.20. The molecule has 0 aliphatic carbocycles. The highest BCUT2D eigenvalue weighted by atomic mass is 19.2. The van der Waals surface area contributed by atoms with Crippen LogP contribution in [-0.2, 0) is 4.79 Å². The van der Waals surface area contributed by atoms with E-state index in [-0.39, 0.29) is 6.04 Å². The monoisotopic (exact) mass is 241 g/mol. The van der Waals surface area contributed by atoms with Crippen LogP contribution in [0.4, 0.5) is 8.78 Å². The lowest BCUT2D eigenvalue weighted by Gasteiger charge is -2.14. The number of aliphatic carboxylic acids is 1. The summed E-state index contributed by atoms with van der Waals surface area (Å²) in [6.07, 6.45) is 0.404. The summed E-state index contributed by atoms with van der Waals surface area (Å²) in [5.74, 6) is -3.10. The average Bonchev–Trinajstić information content (AvgIpc) is 2.72. The number of carbonyl (C=O) groups is 1. The summed E-state index contributed by atoms with van der Waals surface area (Å²) >= 11 is 0. The summed E-state index contributed by atoms with van der Waals surface area (Å²) in [4.78, 5) is 10.8. The lowest BCUT2D eigenvalue weighted by atomic mass is 9.96. The summed E-state index contributed by atoms with van der Waals surface area (Å²) in [5.41, 5.74) is 1.26. The molecule has 2 unspecified atom stereocenters. The van der Waals surface area contributed by atoms with Crippen LogP contribution in [0.25, 0.3) is 0 Å². The van der Waals surface area contributed by atoms with Crippen LogP contribution >= 0.6 is 0 Å². The van der Waals surface area contributed by atoms with Crippen LogP contribution in [0.1, 0.15) is 23.6 Å². The van der Waals surface area contributed by atoms with Gasteiger partial charge in [-0.25, -0.2) is 8.78 Å². The minimum absolute atomic E-state index is 0.216. The van der Waals surface area contributed by atoms with Gasteiger partial charge in [-0.2, -0.15) is 0 Å². The van der Waals surface area contributed by atoms with Crippen molar-refractivity contribution < 1.29 is 18.7 Å². The second-order valence-electron chi connectivity index (χ2n) is 4.35. The van der Waals surface area contributed by atoms with E-state index in [0.29, 0.717) is 24.1 Å². The van der Waals surface area contributed by atoms with Crippen molar-refractivity contribution in [1.82, 2.24) is 5.32 Å². The first-order valence-corrected chi connectivity index (χ1v) is 5.40. The Balaban J connectivity index is 2.24. The number of hydrogen-bond acceptors (Lipinski definition) is 2. The molecule has 3 nitrogen and oxygen atoms in total. The van der Waals surface area contributed by atoms with Gasteiger partial charge in [0.1, 0.15) is 0 Å². The number of carboxylic acids is 1. The zero-order valence-corrected chi connectivity index (χ0v) is 9.34. The van der Waals surface area contributed by atoms with E-state index in [1.165, 1.54) is 0 Å². The Morgan fingerprint density at radius 3 is 2.65 bits per heavy atom. The van der Waals surface area contributed by atoms with Crippen molar-refractivity contribution in [3.63, 3.8) is 0 Å². The molecule has 0 saturated carbocycles. The largest absolute Gasteiger partial charge is 0.481 e. The summed E-state index contributed by atoms with van der Waals surface area (Å²) in [7, 11) is 0. The molecule has 2 rings (SSSR count). The van der Waals surface area contributed by atoms with Gasteiger partial charge in [-0.1, -0.05) is 0 Å². The first kappa shape index (κ1) is 12.0. The summed E-state index contributed by atoms with van der Waals surface area (Å²) < 4.78 is 26.1. The van der Waals surface area contributed by atoms with Gasteiger partial charge in [0.25, 0.3) is 0 Å². The van der Waals surface area contributed by atoms with E-state index in [1.807, 2.05) is 0 Å². The smallest absolute Gasteiger partial charge is 0.307 e. The number of hydrogen-bond donors (Lipinski definition) is 2. The fourth-order valence-electron chi connectivity index (χ4n) is 2.20. The van der Waals surface area contributed by atoms with Crippen molar-refractivity contribution in [3.8, 4) is 0 Å². The van der Waals surface area contributed by atoms with Crippen molar-refractivity contribution in [1.29, 1.82) is 0 Å². The second-order valence-corrected chi connectivity index (χ2v) is 4.35. The van der Waals surface area contributed by atoms with Crippen molar-refractivity contribution in [3.05, 3.63) is 34.9 Å². The van der Waals surface area contributed by atoms with Crippen LogP contribution in [0.15, 0.2) is 12.1 Å². The lowest BCUT2D eigenvalue weighted by molar-refractivity contribution is -0.141. The Kier molecular flexibility index (Phi) is 3.11. The third-order valence-corrected chi connectivity index (χ3v) is 3.16. The number of halogens is 2. The highest BCUT2D eigenvalue weighted by Crippen LogP contribution is 2.30. The van der Waals surface area contributed by atoms with Gasteiger partial charge in [0.15, 0.2) is 11.6 Å². The van der Waals surface area contributed by atoms with E-state index in [0.717, 1.165) is 12.1 Å². The Bertz CT molecular complexity index is 462. The van der Waals surface area contributed by atoms with E-state index in [9.17, 15) is 13.6 Å². The molecular weight excluding hydrogens is 228 g/mol. The van der Waals surface area contributed by atoms with E-state index in [2.05, 4.69) is 5.32 Å². The molecule has 5 heteroatoms. The number of carboxylic acid groups (broad SMARTS) is 1. The number of benzene rings is 1. The van der Waals surface area contributed by atoms with E-state index in [1.54, 1.807) is 6.92 Å². The third-order valence-electron chi connectivity index (χ3n) is 3.16. The fraction of sp³-hybridized carbons (Fsp3) is 0.417. The Morgan fingerprint density at radius 2 is 2.06 bits per heavy atom. The molecular formula is C12H13F2NO2. The minimum atomic E-state index is -0.897. The standard InChI is InChI=1S/C12H13F2NO2/c1-6-2-9(13)10(14)4-8(6)11-3-7(5-15-11)12(16)17/h2,4,7,11,15H,3,5H2,1H3,(H,16,17). The van der Waals surface area contributed by atoms with Crippen LogP contribution in [-0.4, -0.2) is 17.6 Å². The molecule has 2 N–H and O–H groups in total. The molecule has 17 heavy (non-hydrogen) atoms. The molecule has 1 fully saturated rings. The van der Waals surface area contributed by atoms with E-state index in [4.69, 9.17) is 5.11 Å². The van der Waals surface area contributed by atoms with Crippen molar-refractivity contribution >= 4 is 5.97 Å². The number of rotatable bonds is 2. The molecule has 1 heterocycles. The zero-order valence-electron chi connectivity index (χ0n) is 9.34. The molecule has 1 saturated heterocycles. The van der Waals surface area contributed by atoms with Gasteiger partial charge in [-0.3, -0.25) is 4.79 Å². The van der Waals surface area contributed by atoms with Crippen molar-refractivity contribution in [2.24, 2.45) is 5.92 Å². The van der Waals surface area contributed by atoms with Gasteiger partial charge in [-0.15, -0.1) is 0 Å². The van der Waals surface area contributed by atoms with Gasteiger partial charge < -0.3 is 10.4 Å². The third kappa shape index (κ3) is 2.29. The first-order chi connectivity index (χ1) is 7.99. The molecule has 1 aliphatic rings. The summed E-state index contributed by atoms with van der Waals surface area (Å²) in [6.45, 7) is 2.05. The predicted octanol–water partition coefficient (Wildman–Crippen LogP) is 2.01. The Hall–Kier alpha value is -1.49. The first-order valence-electron chi connectivity index (χ1n) is 5.40. The van der Waals surface area contributed by atoms with Gasteiger partial charge in [0.2, 0.25) is 0 Å². The SMILES string of the molecule is Cc1cc(F)c(F)cc1C1CC(C(=O)O)CN1. The van der Waals surface area contributed by atoms with E-state index >= 15 is 0 Å². The van der Waals surface area contributed by atoms with Crippen LogP contribution in [0.3, 0.4) is 0 Å². The molecule has 2 atom stereocenters.